The molecule has 0 saturated carbocycles. The van der Waals surface area contributed by atoms with Crippen LogP contribution in [0.25, 0.3) is 0 Å². The molecule has 0 radical (unpaired) electrons. The molecule has 4 nitrogen and oxygen atoms in total. The third kappa shape index (κ3) is 2.41. The first-order chi connectivity index (χ1) is 9.65. The van der Waals surface area contributed by atoms with Gasteiger partial charge in [0, 0.05) is 24.5 Å². The van der Waals surface area contributed by atoms with Crippen molar-refractivity contribution in [2.24, 2.45) is 0 Å². The number of anilines is 2. The Morgan fingerprint density at radius 1 is 1.15 bits per heavy atom. The maximum Gasteiger partial charge on any atom is 0.250 e. The molecule has 2 heterocycles. The van der Waals surface area contributed by atoms with Gasteiger partial charge in [0.1, 0.15) is 12.3 Å². The summed E-state index contributed by atoms with van der Waals surface area (Å²) in [6, 6.07) is 7.46. The first-order valence-electron chi connectivity index (χ1n) is 6.80. The van der Waals surface area contributed by atoms with Crippen molar-refractivity contribution in [3.63, 3.8) is 0 Å². The van der Waals surface area contributed by atoms with Crippen LogP contribution in [-0.4, -0.2) is 42.9 Å². The number of hydrogen-bond acceptors (Lipinski definition) is 3. The van der Waals surface area contributed by atoms with E-state index >= 15 is 0 Å². The molecule has 1 aromatic carbocycles. The number of rotatable bonds is 2. The minimum absolute atomic E-state index is 0.00980. The van der Waals surface area contributed by atoms with E-state index in [0.717, 1.165) is 17.8 Å². The normalized spacial score (nSPS) is 26.4. The van der Waals surface area contributed by atoms with E-state index in [9.17, 15) is 14.3 Å². The molecule has 1 saturated heterocycles. The van der Waals surface area contributed by atoms with Crippen LogP contribution in [0.1, 0.15) is 6.42 Å². The van der Waals surface area contributed by atoms with Crippen LogP contribution in [-0.2, 0) is 4.79 Å². The maximum atomic E-state index is 13.3. The SMILES string of the molecule is O=C1C=CCCN1c1ccc(N2CC(O)C(F)C2)cc1. The fourth-order valence-corrected chi connectivity index (χ4v) is 2.65. The summed E-state index contributed by atoms with van der Waals surface area (Å²) in [4.78, 5) is 15.3. The molecule has 3 rings (SSSR count). The smallest absolute Gasteiger partial charge is 0.250 e. The number of aliphatic hydroxyl groups excluding tert-OH is 1. The number of hydrogen-bond donors (Lipinski definition) is 1. The number of β-amino-alcohol motifs (C(OH)–C–C–N with tert-alkyl or cyclic N) is 1. The number of amides is 1. The van der Waals surface area contributed by atoms with Gasteiger partial charge in [0.25, 0.3) is 5.91 Å². The number of nitrogens with zero attached hydrogens (tertiary/aromatic N) is 2. The molecule has 1 N–H and O–H groups in total. The van der Waals surface area contributed by atoms with Crippen molar-refractivity contribution in [2.45, 2.75) is 18.7 Å². The van der Waals surface area contributed by atoms with E-state index in [1.54, 1.807) is 11.0 Å². The van der Waals surface area contributed by atoms with E-state index in [1.165, 1.54) is 0 Å². The van der Waals surface area contributed by atoms with Gasteiger partial charge in [-0.25, -0.2) is 4.39 Å². The van der Waals surface area contributed by atoms with Gasteiger partial charge in [0.05, 0.1) is 6.54 Å². The van der Waals surface area contributed by atoms with Gasteiger partial charge in [-0.05, 0) is 36.8 Å². The molecule has 1 amide bonds. The Bertz CT molecular complexity index is 519. The molecule has 5 heteroatoms. The van der Waals surface area contributed by atoms with Crippen LogP contribution in [0.2, 0.25) is 0 Å². The van der Waals surface area contributed by atoms with Crippen LogP contribution >= 0.6 is 0 Å². The zero-order valence-electron chi connectivity index (χ0n) is 11.1. The Balaban J connectivity index is 1.75. The molecule has 0 aromatic heterocycles. The predicted molar refractivity (Wildman–Crippen MR) is 75.7 cm³/mol. The zero-order valence-corrected chi connectivity index (χ0v) is 11.1. The highest BCUT2D eigenvalue weighted by molar-refractivity contribution is 6.02. The monoisotopic (exact) mass is 276 g/mol. The van der Waals surface area contributed by atoms with Gasteiger partial charge in [-0.1, -0.05) is 6.08 Å². The summed E-state index contributed by atoms with van der Waals surface area (Å²) in [5.74, 6) is -0.00980. The zero-order chi connectivity index (χ0) is 14.1. The summed E-state index contributed by atoms with van der Waals surface area (Å²) >= 11 is 0. The van der Waals surface area contributed by atoms with Gasteiger partial charge in [-0.2, -0.15) is 0 Å². The number of carbonyl (C=O) groups excluding carboxylic acids is 1. The van der Waals surface area contributed by atoms with Gasteiger partial charge in [-0.15, -0.1) is 0 Å². The van der Waals surface area contributed by atoms with Crippen LogP contribution in [0, 0.1) is 0 Å². The number of aliphatic hydroxyl groups is 1. The van der Waals surface area contributed by atoms with Crippen LogP contribution in [0.3, 0.4) is 0 Å². The number of carbonyl (C=O) groups is 1. The van der Waals surface area contributed by atoms with Crippen LogP contribution in [0.15, 0.2) is 36.4 Å². The summed E-state index contributed by atoms with van der Waals surface area (Å²) in [6.07, 6.45) is 2.21. The second-order valence-corrected chi connectivity index (χ2v) is 5.19. The second kappa shape index (κ2) is 5.25. The van der Waals surface area contributed by atoms with E-state index in [0.29, 0.717) is 13.1 Å². The van der Waals surface area contributed by atoms with Gasteiger partial charge < -0.3 is 14.9 Å². The second-order valence-electron chi connectivity index (χ2n) is 5.19. The standard InChI is InChI=1S/C15H17FN2O2/c16-13-9-17(10-14(13)19)11-4-6-12(7-5-11)18-8-2-1-3-15(18)20/h1,3-7,13-14,19H,2,8-10H2. The molecule has 2 atom stereocenters. The molecule has 0 aliphatic carbocycles. The molecule has 0 spiro atoms. The predicted octanol–water partition coefficient (Wildman–Crippen LogP) is 1.50. The molecule has 20 heavy (non-hydrogen) atoms. The van der Waals surface area contributed by atoms with Gasteiger partial charge in [0.2, 0.25) is 0 Å². The molecular formula is C15H17FN2O2. The number of benzene rings is 1. The lowest BCUT2D eigenvalue weighted by Crippen LogP contribution is -2.32. The van der Waals surface area contributed by atoms with Crippen molar-refractivity contribution in [1.29, 1.82) is 0 Å². The molecule has 1 fully saturated rings. The van der Waals surface area contributed by atoms with E-state index in [4.69, 9.17) is 0 Å². The first kappa shape index (κ1) is 13.1. The lowest BCUT2D eigenvalue weighted by molar-refractivity contribution is -0.114. The number of halogens is 1. The third-order valence-corrected chi connectivity index (χ3v) is 3.79. The Morgan fingerprint density at radius 3 is 2.45 bits per heavy atom. The molecule has 2 unspecified atom stereocenters. The summed E-state index contributed by atoms with van der Waals surface area (Å²) in [5, 5.41) is 9.45. The summed E-state index contributed by atoms with van der Waals surface area (Å²) in [5.41, 5.74) is 1.72. The van der Waals surface area contributed by atoms with Gasteiger partial charge in [-0.3, -0.25) is 4.79 Å². The first-order valence-corrected chi connectivity index (χ1v) is 6.80. The van der Waals surface area contributed by atoms with E-state index < -0.39 is 12.3 Å². The topological polar surface area (TPSA) is 43.8 Å². The Hall–Kier alpha value is -1.88. The van der Waals surface area contributed by atoms with E-state index in [2.05, 4.69) is 0 Å². The molecule has 0 bridgehead atoms. The van der Waals surface area contributed by atoms with Crippen molar-refractivity contribution in [3.05, 3.63) is 36.4 Å². The minimum Gasteiger partial charge on any atom is -0.388 e. The third-order valence-electron chi connectivity index (χ3n) is 3.79. The summed E-state index contributed by atoms with van der Waals surface area (Å²) in [6.45, 7) is 1.21. The maximum absolute atomic E-state index is 13.3. The lowest BCUT2D eigenvalue weighted by Gasteiger charge is -2.24. The summed E-state index contributed by atoms with van der Waals surface area (Å²) < 4.78 is 13.3. The highest BCUT2D eigenvalue weighted by atomic mass is 19.1. The van der Waals surface area contributed by atoms with E-state index in [-0.39, 0.29) is 12.5 Å². The molecule has 2 aliphatic rings. The van der Waals surface area contributed by atoms with Gasteiger partial charge in [0.15, 0.2) is 0 Å². The van der Waals surface area contributed by atoms with Gasteiger partial charge >= 0.3 is 0 Å². The minimum atomic E-state index is -1.19. The van der Waals surface area contributed by atoms with Crippen molar-refractivity contribution in [3.8, 4) is 0 Å². The van der Waals surface area contributed by atoms with Crippen molar-refractivity contribution in [2.75, 3.05) is 29.4 Å². The van der Waals surface area contributed by atoms with Crippen LogP contribution in [0.5, 0.6) is 0 Å². The average molecular weight is 276 g/mol. The highest BCUT2D eigenvalue weighted by Gasteiger charge is 2.31. The fourth-order valence-electron chi connectivity index (χ4n) is 2.65. The Kier molecular flexibility index (Phi) is 3.44. The van der Waals surface area contributed by atoms with Crippen molar-refractivity contribution in [1.82, 2.24) is 0 Å². The van der Waals surface area contributed by atoms with Crippen molar-refractivity contribution < 1.29 is 14.3 Å². The molecule has 2 aliphatic heterocycles. The quantitative estimate of drug-likeness (QED) is 0.890. The number of alkyl halides is 1. The molecule has 106 valence electrons. The van der Waals surface area contributed by atoms with Crippen LogP contribution in [0.4, 0.5) is 15.8 Å². The largest absolute Gasteiger partial charge is 0.388 e. The highest BCUT2D eigenvalue weighted by Crippen LogP contribution is 2.26. The Morgan fingerprint density at radius 2 is 1.85 bits per heavy atom. The van der Waals surface area contributed by atoms with E-state index in [1.807, 2.05) is 35.2 Å². The molecular weight excluding hydrogens is 259 g/mol. The van der Waals surface area contributed by atoms with Crippen LogP contribution < -0.4 is 9.80 Å². The fraction of sp³-hybridized carbons (Fsp3) is 0.400. The average Bonchev–Trinajstić information content (AvgIpc) is 2.80. The summed E-state index contributed by atoms with van der Waals surface area (Å²) in [7, 11) is 0. The Labute approximate surface area is 117 Å². The van der Waals surface area contributed by atoms with Crippen molar-refractivity contribution >= 4 is 17.3 Å². The lowest BCUT2D eigenvalue weighted by atomic mass is 10.2. The molecule has 1 aromatic rings.